The Balaban J connectivity index is 2.55. The summed E-state index contributed by atoms with van der Waals surface area (Å²) in [4.78, 5) is 0. The van der Waals surface area contributed by atoms with E-state index in [-0.39, 0.29) is 5.92 Å². The summed E-state index contributed by atoms with van der Waals surface area (Å²) in [5.74, 6) is 0.165. The number of alkyl halides is 3. The van der Waals surface area contributed by atoms with E-state index < -0.39 is 18.2 Å². The molecule has 0 aliphatic heterocycles. The second-order valence-electron chi connectivity index (χ2n) is 4.51. The van der Waals surface area contributed by atoms with E-state index in [9.17, 15) is 13.2 Å². The van der Waals surface area contributed by atoms with Crippen LogP contribution in [0.25, 0.3) is 0 Å². The number of rotatable bonds is 1. The van der Waals surface area contributed by atoms with Gasteiger partial charge < -0.3 is 5.11 Å². The molecule has 1 aliphatic rings. The molecule has 4 atom stereocenters. The van der Waals surface area contributed by atoms with Gasteiger partial charge in [0.25, 0.3) is 0 Å². The molecule has 0 heterocycles. The third-order valence-electron chi connectivity index (χ3n) is 3.42. The third kappa shape index (κ3) is 2.62. The summed E-state index contributed by atoms with van der Waals surface area (Å²) in [6.45, 7) is 4.01. The van der Waals surface area contributed by atoms with Gasteiger partial charge in [-0.3, -0.25) is 0 Å². The summed E-state index contributed by atoms with van der Waals surface area (Å²) in [5.41, 5.74) is 0. The lowest BCUT2D eigenvalue weighted by Gasteiger charge is -2.35. The largest absolute Gasteiger partial charge is 0.414 e. The molecule has 0 spiro atoms. The summed E-state index contributed by atoms with van der Waals surface area (Å²) >= 11 is 0. The molecule has 1 N–H and O–H groups in total. The average molecular weight is 210 g/mol. The maximum absolute atomic E-state index is 12.2. The zero-order valence-electron chi connectivity index (χ0n) is 8.51. The molecule has 0 saturated heterocycles. The predicted octanol–water partition coefficient (Wildman–Crippen LogP) is 2.98. The SMILES string of the molecule is CC1CCC(C(O)C(F)(F)F)CC1C. The van der Waals surface area contributed by atoms with E-state index in [4.69, 9.17) is 5.11 Å². The molecule has 1 fully saturated rings. The van der Waals surface area contributed by atoms with Gasteiger partial charge in [-0.2, -0.15) is 13.2 Å². The molecule has 0 aromatic carbocycles. The standard InChI is InChI=1S/C10H17F3O/c1-6-3-4-8(5-7(6)2)9(14)10(11,12)13/h6-9,14H,3-5H2,1-2H3. The predicted molar refractivity (Wildman–Crippen MR) is 47.7 cm³/mol. The van der Waals surface area contributed by atoms with Gasteiger partial charge in [0.05, 0.1) is 0 Å². The van der Waals surface area contributed by atoms with Crippen molar-refractivity contribution in [3.05, 3.63) is 0 Å². The number of hydrogen-bond donors (Lipinski definition) is 1. The van der Waals surface area contributed by atoms with E-state index in [0.29, 0.717) is 18.8 Å². The monoisotopic (exact) mass is 210 g/mol. The van der Waals surface area contributed by atoms with Crippen LogP contribution in [-0.2, 0) is 0 Å². The van der Waals surface area contributed by atoms with Crippen molar-refractivity contribution in [2.45, 2.75) is 45.4 Å². The fourth-order valence-corrected chi connectivity index (χ4v) is 2.14. The van der Waals surface area contributed by atoms with Crippen molar-refractivity contribution in [2.24, 2.45) is 17.8 Å². The van der Waals surface area contributed by atoms with Crippen molar-refractivity contribution in [3.63, 3.8) is 0 Å². The van der Waals surface area contributed by atoms with Crippen LogP contribution in [0.15, 0.2) is 0 Å². The van der Waals surface area contributed by atoms with Gasteiger partial charge in [0.2, 0.25) is 0 Å². The Hall–Kier alpha value is -0.250. The molecule has 0 aromatic rings. The van der Waals surface area contributed by atoms with E-state index in [1.54, 1.807) is 0 Å². The zero-order valence-corrected chi connectivity index (χ0v) is 8.51. The maximum atomic E-state index is 12.2. The number of aliphatic hydroxyl groups is 1. The lowest BCUT2D eigenvalue weighted by molar-refractivity contribution is -0.224. The maximum Gasteiger partial charge on any atom is 0.414 e. The van der Waals surface area contributed by atoms with Crippen LogP contribution in [0.4, 0.5) is 13.2 Å². The minimum Gasteiger partial charge on any atom is -0.383 e. The van der Waals surface area contributed by atoms with Gasteiger partial charge in [0.1, 0.15) is 0 Å². The number of halogens is 3. The molecule has 0 radical (unpaired) electrons. The Morgan fingerprint density at radius 1 is 1.14 bits per heavy atom. The Morgan fingerprint density at radius 3 is 2.14 bits per heavy atom. The van der Waals surface area contributed by atoms with Crippen LogP contribution in [0.3, 0.4) is 0 Å². The molecule has 14 heavy (non-hydrogen) atoms. The van der Waals surface area contributed by atoms with Gasteiger partial charge in [-0.1, -0.05) is 20.3 Å². The van der Waals surface area contributed by atoms with Crippen LogP contribution in [0.2, 0.25) is 0 Å². The molecule has 0 bridgehead atoms. The van der Waals surface area contributed by atoms with Crippen LogP contribution >= 0.6 is 0 Å². The summed E-state index contributed by atoms with van der Waals surface area (Å²) < 4.78 is 36.6. The number of aliphatic hydroxyl groups excluding tert-OH is 1. The van der Waals surface area contributed by atoms with Gasteiger partial charge in [-0.25, -0.2) is 0 Å². The van der Waals surface area contributed by atoms with Gasteiger partial charge in [0.15, 0.2) is 6.10 Å². The highest BCUT2D eigenvalue weighted by Crippen LogP contribution is 2.39. The second kappa shape index (κ2) is 4.09. The van der Waals surface area contributed by atoms with E-state index in [0.717, 1.165) is 6.42 Å². The normalized spacial score (nSPS) is 36.9. The topological polar surface area (TPSA) is 20.2 Å². The van der Waals surface area contributed by atoms with Crippen molar-refractivity contribution in [3.8, 4) is 0 Å². The van der Waals surface area contributed by atoms with Crippen molar-refractivity contribution in [2.75, 3.05) is 0 Å². The molecule has 1 aliphatic carbocycles. The zero-order chi connectivity index (χ0) is 10.9. The minimum atomic E-state index is -4.45. The molecular weight excluding hydrogens is 193 g/mol. The molecule has 4 unspecified atom stereocenters. The first-order valence-electron chi connectivity index (χ1n) is 5.07. The molecule has 84 valence electrons. The lowest BCUT2D eigenvalue weighted by atomic mass is 9.74. The first kappa shape index (κ1) is 11.8. The average Bonchev–Trinajstić information content (AvgIpc) is 2.07. The Bertz CT molecular complexity index is 190. The molecule has 0 amide bonds. The third-order valence-corrected chi connectivity index (χ3v) is 3.42. The quantitative estimate of drug-likeness (QED) is 0.705. The molecule has 1 saturated carbocycles. The van der Waals surface area contributed by atoms with Crippen LogP contribution < -0.4 is 0 Å². The highest BCUT2D eigenvalue weighted by molar-refractivity contribution is 4.82. The first-order valence-corrected chi connectivity index (χ1v) is 5.07. The fourth-order valence-electron chi connectivity index (χ4n) is 2.14. The Morgan fingerprint density at radius 2 is 1.71 bits per heavy atom. The van der Waals surface area contributed by atoms with Crippen LogP contribution in [-0.4, -0.2) is 17.4 Å². The van der Waals surface area contributed by atoms with Crippen molar-refractivity contribution in [1.29, 1.82) is 0 Å². The van der Waals surface area contributed by atoms with E-state index in [1.165, 1.54) is 0 Å². The van der Waals surface area contributed by atoms with Gasteiger partial charge in [0, 0.05) is 0 Å². The van der Waals surface area contributed by atoms with Gasteiger partial charge >= 0.3 is 6.18 Å². The summed E-state index contributed by atoms with van der Waals surface area (Å²) in [5, 5.41) is 9.09. The minimum absolute atomic E-state index is 0.283. The highest BCUT2D eigenvalue weighted by atomic mass is 19.4. The van der Waals surface area contributed by atoms with E-state index in [2.05, 4.69) is 6.92 Å². The molecular formula is C10H17F3O. The fraction of sp³-hybridized carbons (Fsp3) is 1.00. The van der Waals surface area contributed by atoms with Crippen molar-refractivity contribution >= 4 is 0 Å². The van der Waals surface area contributed by atoms with Gasteiger partial charge in [-0.05, 0) is 30.6 Å². The molecule has 0 aromatic heterocycles. The molecule has 1 nitrogen and oxygen atoms in total. The van der Waals surface area contributed by atoms with Crippen molar-refractivity contribution in [1.82, 2.24) is 0 Å². The smallest absolute Gasteiger partial charge is 0.383 e. The second-order valence-corrected chi connectivity index (χ2v) is 4.51. The van der Waals surface area contributed by atoms with Crippen LogP contribution in [0.5, 0.6) is 0 Å². The summed E-state index contributed by atoms with van der Waals surface area (Å²) in [6, 6.07) is 0. The molecule has 4 heteroatoms. The van der Waals surface area contributed by atoms with Crippen LogP contribution in [0, 0.1) is 17.8 Å². The van der Waals surface area contributed by atoms with Gasteiger partial charge in [-0.15, -0.1) is 0 Å². The van der Waals surface area contributed by atoms with E-state index >= 15 is 0 Å². The van der Waals surface area contributed by atoms with E-state index in [1.807, 2.05) is 6.92 Å². The first-order chi connectivity index (χ1) is 6.32. The summed E-state index contributed by atoms with van der Waals surface area (Å²) in [6.07, 6.45) is -4.81. The van der Waals surface area contributed by atoms with Crippen molar-refractivity contribution < 1.29 is 18.3 Å². The lowest BCUT2D eigenvalue weighted by Crippen LogP contribution is -2.39. The Labute approximate surface area is 82.3 Å². The number of hydrogen-bond acceptors (Lipinski definition) is 1. The van der Waals surface area contributed by atoms with Crippen LogP contribution in [0.1, 0.15) is 33.1 Å². The summed E-state index contributed by atoms with van der Waals surface area (Å²) in [7, 11) is 0. The Kier molecular flexibility index (Phi) is 3.45. The molecule has 1 rings (SSSR count). The highest BCUT2D eigenvalue weighted by Gasteiger charge is 2.44.